The Morgan fingerprint density at radius 3 is 2.20 bits per heavy atom. The van der Waals surface area contributed by atoms with Crippen LogP contribution in [-0.2, 0) is 11.3 Å². The lowest BCUT2D eigenvalue weighted by atomic mass is 10.2. The zero-order valence-corrected chi connectivity index (χ0v) is 15.2. The average molecular weight is 341 g/mol. The Kier molecular flexibility index (Phi) is 7.29. The summed E-state index contributed by atoms with van der Waals surface area (Å²) in [5.41, 5.74) is 3.09. The van der Waals surface area contributed by atoms with Crippen molar-refractivity contribution in [2.75, 3.05) is 37.0 Å². The fourth-order valence-electron chi connectivity index (χ4n) is 2.61. The van der Waals surface area contributed by atoms with Crippen LogP contribution in [0.5, 0.6) is 5.75 Å². The second-order valence-electron chi connectivity index (χ2n) is 5.72. The molecular formula is C20H27N3O2. The Morgan fingerprint density at radius 1 is 1.00 bits per heavy atom. The van der Waals surface area contributed by atoms with Gasteiger partial charge in [-0.15, -0.1) is 0 Å². The molecule has 2 aromatic rings. The number of carbonyl (C=O) groups excluding carboxylic acids is 1. The third-order valence-electron chi connectivity index (χ3n) is 4.05. The van der Waals surface area contributed by atoms with E-state index in [1.54, 1.807) is 7.11 Å². The normalized spacial score (nSPS) is 10.4. The van der Waals surface area contributed by atoms with E-state index in [1.165, 1.54) is 5.69 Å². The van der Waals surface area contributed by atoms with Crippen LogP contribution in [-0.4, -0.2) is 32.7 Å². The molecule has 2 N–H and O–H groups in total. The van der Waals surface area contributed by atoms with E-state index < -0.39 is 0 Å². The number of carbonyl (C=O) groups is 1. The summed E-state index contributed by atoms with van der Waals surface area (Å²) in [6.07, 6.45) is 0. The molecule has 0 aliphatic rings. The summed E-state index contributed by atoms with van der Waals surface area (Å²) in [7, 11) is 1.64. The van der Waals surface area contributed by atoms with Crippen LogP contribution in [0.2, 0.25) is 0 Å². The number of hydrogen-bond donors (Lipinski definition) is 2. The minimum atomic E-state index is -0.0518. The monoisotopic (exact) mass is 341 g/mol. The van der Waals surface area contributed by atoms with Crippen LogP contribution >= 0.6 is 0 Å². The van der Waals surface area contributed by atoms with Gasteiger partial charge in [0.05, 0.1) is 13.7 Å². The molecule has 25 heavy (non-hydrogen) atoms. The Hall–Kier alpha value is -2.53. The number of hydrogen-bond acceptors (Lipinski definition) is 4. The fourth-order valence-corrected chi connectivity index (χ4v) is 2.61. The van der Waals surface area contributed by atoms with Crippen molar-refractivity contribution in [3.63, 3.8) is 0 Å². The van der Waals surface area contributed by atoms with Crippen LogP contribution in [0, 0.1) is 0 Å². The summed E-state index contributed by atoms with van der Waals surface area (Å²) in [6, 6.07) is 15.7. The van der Waals surface area contributed by atoms with Gasteiger partial charge >= 0.3 is 0 Å². The molecule has 0 unspecified atom stereocenters. The number of nitrogens with zero attached hydrogens (tertiary/aromatic N) is 1. The van der Waals surface area contributed by atoms with Crippen molar-refractivity contribution >= 4 is 17.3 Å². The van der Waals surface area contributed by atoms with E-state index in [0.29, 0.717) is 6.54 Å². The third kappa shape index (κ3) is 5.80. The van der Waals surface area contributed by atoms with Crippen molar-refractivity contribution in [2.24, 2.45) is 0 Å². The summed E-state index contributed by atoms with van der Waals surface area (Å²) < 4.78 is 5.13. The van der Waals surface area contributed by atoms with Gasteiger partial charge in [0, 0.05) is 31.0 Å². The zero-order chi connectivity index (χ0) is 18.1. The Morgan fingerprint density at radius 2 is 1.64 bits per heavy atom. The molecule has 0 saturated carbocycles. The number of methoxy groups -OCH3 is 1. The number of nitrogens with one attached hydrogen (secondary N) is 2. The predicted octanol–water partition coefficient (Wildman–Crippen LogP) is 3.27. The van der Waals surface area contributed by atoms with Crippen LogP contribution in [0.25, 0.3) is 0 Å². The molecule has 0 aromatic heterocycles. The third-order valence-corrected chi connectivity index (χ3v) is 4.05. The van der Waals surface area contributed by atoms with Gasteiger partial charge in [0.25, 0.3) is 0 Å². The minimum Gasteiger partial charge on any atom is -0.497 e. The van der Waals surface area contributed by atoms with Gasteiger partial charge in [0.2, 0.25) is 5.91 Å². The molecule has 1 amide bonds. The topological polar surface area (TPSA) is 53.6 Å². The molecule has 5 heteroatoms. The first-order valence-corrected chi connectivity index (χ1v) is 8.64. The molecule has 0 aliphatic carbocycles. The van der Waals surface area contributed by atoms with E-state index in [2.05, 4.69) is 29.4 Å². The van der Waals surface area contributed by atoms with Gasteiger partial charge in [-0.3, -0.25) is 4.79 Å². The average Bonchev–Trinajstić information content (AvgIpc) is 2.64. The fraction of sp³-hybridized carbons (Fsp3) is 0.350. The minimum absolute atomic E-state index is 0.0518. The zero-order valence-electron chi connectivity index (χ0n) is 15.2. The van der Waals surface area contributed by atoms with Gasteiger partial charge in [0.15, 0.2) is 0 Å². The van der Waals surface area contributed by atoms with E-state index in [1.807, 2.05) is 48.5 Å². The highest BCUT2D eigenvalue weighted by atomic mass is 16.5. The van der Waals surface area contributed by atoms with Crippen LogP contribution in [0.3, 0.4) is 0 Å². The number of anilines is 2. The highest BCUT2D eigenvalue weighted by Gasteiger charge is 2.04. The Balaban J connectivity index is 1.77. The highest BCUT2D eigenvalue weighted by molar-refractivity contribution is 5.92. The summed E-state index contributed by atoms with van der Waals surface area (Å²) in [5, 5.41) is 6.05. The van der Waals surface area contributed by atoms with Crippen LogP contribution < -0.4 is 20.3 Å². The van der Waals surface area contributed by atoms with Crippen molar-refractivity contribution in [2.45, 2.75) is 20.4 Å². The summed E-state index contributed by atoms with van der Waals surface area (Å²) in [5.74, 6) is 0.777. The summed E-state index contributed by atoms with van der Waals surface area (Å²) >= 11 is 0. The van der Waals surface area contributed by atoms with Gasteiger partial charge < -0.3 is 20.3 Å². The van der Waals surface area contributed by atoms with E-state index in [0.717, 1.165) is 30.1 Å². The first kappa shape index (κ1) is 18.8. The first-order valence-electron chi connectivity index (χ1n) is 8.64. The maximum atomic E-state index is 12.0. The molecule has 0 spiro atoms. The Labute approximate surface area is 150 Å². The molecular weight excluding hydrogens is 314 g/mol. The lowest BCUT2D eigenvalue weighted by Crippen LogP contribution is -2.27. The van der Waals surface area contributed by atoms with Gasteiger partial charge in [-0.05, 0) is 55.8 Å². The number of rotatable bonds is 9. The molecule has 0 radical (unpaired) electrons. The van der Waals surface area contributed by atoms with Gasteiger partial charge in [-0.25, -0.2) is 0 Å². The van der Waals surface area contributed by atoms with Gasteiger partial charge in [0.1, 0.15) is 5.75 Å². The predicted molar refractivity (Wildman–Crippen MR) is 103 cm³/mol. The van der Waals surface area contributed by atoms with E-state index in [9.17, 15) is 4.79 Å². The maximum Gasteiger partial charge on any atom is 0.238 e. The second-order valence-corrected chi connectivity index (χ2v) is 5.72. The molecule has 0 atom stereocenters. The lowest BCUT2D eigenvalue weighted by molar-refractivity contribution is -0.115. The van der Waals surface area contributed by atoms with Crippen LogP contribution in [0.15, 0.2) is 48.5 Å². The number of benzene rings is 2. The van der Waals surface area contributed by atoms with Crippen LogP contribution in [0.4, 0.5) is 11.4 Å². The second kappa shape index (κ2) is 9.69. The summed E-state index contributed by atoms with van der Waals surface area (Å²) in [6.45, 7) is 7.11. The van der Waals surface area contributed by atoms with E-state index in [4.69, 9.17) is 4.74 Å². The Bertz CT molecular complexity index is 650. The van der Waals surface area contributed by atoms with Crippen molar-refractivity contribution in [1.29, 1.82) is 0 Å². The molecule has 2 rings (SSSR count). The largest absolute Gasteiger partial charge is 0.497 e. The summed E-state index contributed by atoms with van der Waals surface area (Å²) in [4.78, 5) is 14.3. The van der Waals surface area contributed by atoms with E-state index in [-0.39, 0.29) is 12.5 Å². The smallest absolute Gasteiger partial charge is 0.238 e. The van der Waals surface area contributed by atoms with E-state index >= 15 is 0 Å². The molecule has 0 heterocycles. The number of ether oxygens (including phenoxy) is 1. The SMILES string of the molecule is CCN(CC)c1ccc(NC(=O)CNCc2ccc(OC)cc2)cc1. The highest BCUT2D eigenvalue weighted by Crippen LogP contribution is 2.17. The molecule has 0 fully saturated rings. The maximum absolute atomic E-state index is 12.0. The van der Waals surface area contributed by atoms with Crippen molar-refractivity contribution in [3.05, 3.63) is 54.1 Å². The molecule has 5 nitrogen and oxygen atoms in total. The molecule has 0 bridgehead atoms. The molecule has 2 aromatic carbocycles. The van der Waals surface area contributed by atoms with Gasteiger partial charge in [-0.2, -0.15) is 0 Å². The quantitative estimate of drug-likeness (QED) is 0.735. The number of amides is 1. The van der Waals surface area contributed by atoms with Crippen molar-refractivity contribution < 1.29 is 9.53 Å². The molecule has 0 aliphatic heterocycles. The van der Waals surface area contributed by atoms with Gasteiger partial charge in [-0.1, -0.05) is 12.1 Å². The lowest BCUT2D eigenvalue weighted by Gasteiger charge is -2.21. The molecule has 0 saturated heterocycles. The first-order chi connectivity index (χ1) is 12.2. The molecule has 134 valence electrons. The standard InChI is InChI=1S/C20H27N3O2/c1-4-23(5-2)18-10-8-17(9-11-18)22-20(24)15-21-14-16-6-12-19(25-3)13-7-16/h6-13,21H,4-5,14-15H2,1-3H3,(H,22,24). The van der Waals surface area contributed by atoms with Crippen molar-refractivity contribution in [3.8, 4) is 5.75 Å². The van der Waals surface area contributed by atoms with Crippen molar-refractivity contribution in [1.82, 2.24) is 5.32 Å². The van der Waals surface area contributed by atoms with Crippen LogP contribution in [0.1, 0.15) is 19.4 Å².